The molecule has 0 bridgehead atoms. The van der Waals surface area contributed by atoms with E-state index in [1.807, 2.05) is 18.2 Å². The van der Waals surface area contributed by atoms with E-state index in [0.29, 0.717) is 18.0 Å². The number of hydrogen-bond acceptors (Lipinski definition) is 2. The second kappa shape index (κ2) is 5.93. The fourth-order valence-electron chi connectivity index (χ4n) is 2.25. The van der Waals surface area contributed by atoms with Gasteiger partial charge in [-0.3, -0.25) is 4.72 Å². The Balaban J connectivity index is 2.00. The van der Waals surface area contributed by atoms with Gasteiger partial charge in [-0.25, -0.2) is 8.42 Å². The van der Waals surface area contributed by atoms with Crippen molar-refractivity contribution in [3.8, 4) is 0 Å². The lowest BCUT2D eigenvalue weighted by Crippen LogP contribution is -2.16. The monoisotopic (exact) mass is 287 g/mol. The average Bonchev–Trinajstić information content (AvgIpc) is 2.75. The summed E-state index contributed by atoms with van der Waals surface area (Å²) in [7, 11) is -3.23. The molecular formula is C13H18ClNO2S. The van der Waals surface area contributed by atoms with E-state index in [1.165, 1.54) is 17.5 Å². The number of fused-ring (bicyclic) bond motifs is 1. The minimum atomic E-state index is -3.23. The van der Waals surface area contributed by atoms with Crippen molar-refractivity contribution in [3.63, 3.8) is 0 Å². The number of aryl methyl sites for hydroxylation is 2. The van der Waals surface area contributed by atoms with Crippen LogP contribution in [0.3, 0.4) is 0 Å². The summed E-state index contributed by atoms with van der Waals surface area (Å²) < 4.78 is 26.3. The van der Waals surface area contributed by atoms with Gasteiger partial charge in [-0.1, -0.05) is 6.07 Å². The molecule has 0 fully saturated rings. The first-order chi connectivity index (χ1) is 8.61. The molecule has 0 aromatic heterocycles. The van der Waals surface area contributed by atoms with Crippen molar-refractivity contribution in [1.82, 2.24) is 0 Å². The summed E-state index contributed by atoms with van der Waals surface area (Å²) in [5.41, 5.74) is 3.30. The summed E-state index contributed by atoms with van der Waals surface area (Å²) in [6, 6.07) is 5.84. The zero-order valence-corrected chi connectivity index (χ0v) is 11.9. The molecule has 3 nitrogen and oxygen atoms in total. The van der Waals surface area contributed by atoms with Crippen LogP contribution in [0.1, 0.15) is 30.4 Å². The molecular weight excluding hydrogens is 270 g/mol. The summed E-state index contributed by atoms with van der Waals surface area (Å²) in [4.78, 5) is 0. The lowest BCUT2D eigenvalue weighted by Gasteiger charge is -2.09. The van der Waals surface area contributed by atoms with Crippen LogP contribution >= 0.6 is 11.6 Å². The van der Waals surface area contributed by atoms with Crippen molar-refractivity contribution in [1.29, 1.82) is 0 Å². The highest BCUT2D eigenvalue weighted by molar-refractivity contribution is 7.92. The number of nitrogens with one attached hydrogen (secondary N) is 1. The zero-order chi connectivity index (χ0) is 13.0. The van der Waals surface area contributed by atoms with Gasteiger partial charge in [0.2, 0.25) is 10.0 Å². The van der Waals surface area contributed by atoms with Gasteiger partial charge in [-0.2, -0.15) is 0 Å². The van der Waals surface area contributed by atoms with Crippen LogP contribution in [0.25, 0.3) is 0 Å². The van der Waals surface area contributed by atoms with E-state index in [2.05, 4.69) is 4.72 Å². The van der Waals surface area contributed by atoms with Crippen LogP contribution in [0.4, 0.5) is 5.69 Å². The molecule has 0 aliphatic heterocycles. The fraction of sp³-hybridized carbons (Fsp3) is 0.538. The van der Waals surface area contributed by atoms with E-state index in [9.17, 15) is 8.42 Å². The molecule has 1 aromatic rings. The normalized spacial score (nSPS) is 14.5. The number of anilines is 1. The molecule has 0 amide bonds. The summed E-state index contributed by atoms with van der Waals surface area (Å²) in [5, 5.41) is 0. The average molecular weight is 288 g/mol. The number of rotatable bonds is 6. The molecule has 18 heavy (non-hydrogen) atoms. The Kier molecular flexibility index (Phi) is 4.51. The lowest BCUT2D eigenvalue weighted by atomic mass is 10.1. The zero-order valence-electron chi connectivity index (χ0n) is 10.3. The number of benzene rings is 1. The molecule has 0 saturated carbocycles. The predicted molar refractivity (Wildman–Crippen MR) is 75.8 cm³/mol. The Morgan fingerprint density at radius 3 is 2.72 bits per heavy atom. The minimum absolute atomic E-state index is 0.136. The molecule has 0 unspecified atom stereocenters. The van der Waals surface area contributed by atoms with Crippen LogP contribution in [0.15, 0.2) is 18.2 Å². The summed E-state index contributed by atoms with van der Waals surface area (Å²) in [6.07, 6.45) is 4.66. The van der Waals surface area contributed by atoms with E-state index in [0.717, 1.165) is 19.3 Å². The third kappa shape index (κ3) is 3.62. The highest BCUT2D eigenvalue weighted by atomic mass is 35.5. The molecule has 1 N–H and O–H groups in total. The maximum absolute atomic E-state index is 11.8. The van der Waals surface area contributed by atoms with Gasteiger partial charge < -0.3 is 0 Å². The van der Waals surface area contributed by atoms with Gasteiger partial charge in [0.05, 0.1) is 5.75 Å². The van der Waals surface area contributed by atoms with E-state index in [4.69, 9.17) is 11.6 Å². The third-order valence-corrected chi connectivity index (χ3v) is 4.81. The molecule has 2 rings (SSSR count). The van der Waals surface area contributed by atoms with E-state index in [1.54, 1.807) is 0 Å². The van der Waals surface area contributed by atoms with Crippen LogP contribution in [-0.4, -0.2) is 20.1 Å². The molecule has 0 spiro atoms. The van der Waals surface area contributed by atoms with Gasteiger partial charge in [0.15, 0.2) is 0 Å². The van der Waals surface area contributed by atoms with Gasteiger partial charge in [-0.15, -0.1) is 11.6 Å². The smallest absolute Gasteiger partial charge is 0.232 e. The van der Waals surface area contributed by atoms with Crippen molar-refractivity contribution < 1.29 is 8.42 Å². The highest BCUT2D eigenvalue weighted by Gasteiger charge is 2.14. The standard InChI is InChI=1S/C13H18ClNO2S/c14-8-1-2-9-18(16,17)15-13-7-6-11-4-3-5-12(11)10-13/h6-7,10,15H,1-5,8-9H2. The molecule has 0 radical (unpaired) electrons. The second-order valence-corrected chi connectivity index (χ2v) is 6.87. The Morgan fingerprint density at radius 1 is 1.17 bits per heavy atom. The Labute approximate surface area is 114 Å². The molecule has 0 heterocycles. The second-order valence-electron chi connectivity index (χ2n) is 4.65. The first-order valence-electron chi connectivity index (χ1n) is 6.29. The fourth-order valence-corrected chi connectivity index (χ4v) is 3.61. The van der Waals surface area contributed by atoms with Crippen LogP contribution in [0, 0.1) is 0 Å². The topological polar surface area (TPSA) is 46.2 Å². The lowest BCUT2D eigenvalue weighted by molar-refractivity contribution is 0.598. The molecule has 1 aliphatic carbocycles. The summed E-state index contributed by atoms with van der Waals surface area (Å²) >= 11 is 5.54. The van der Waals surface area contributed by atoms with Crippen molar-refractivity contribution in [2.75, 3.05) is 16.4 Å². The third-order valence-electron chi connectivity index (χ3n) is 3.17. The van der Waals surface area contributed by atoms with Crippen molar-refractivity contribution in [3.05, 3.63) is 29.3 Å². The number of halogens is 1. The van der Waals surface area contributed by atoms with Gasteiger partial charge in [-0.05, 0) is 55.4 Å². The Hall–Kier alpha value is -0.740. The number of sulfonamides is 1. The largest absolute Gasteiger partial charge is 0.284 e. The summed E-state index contributed by atoms with van der Waals surface area (Å²) in [5.74, 6) is 0.644. The number of alkyl halides is 1. The number of unbranched alkanes of at least 4 members (excludes halogenated alkanes) is 1. The molecule has 5 heteroatoms. The first-order valence-corrected chi connectivity index (χ1v) is 8.48. The van der Waals surface area contributed by atoms with Crippen LogP contribution in [-0.2, 0) is 22.9 Å². The van der Waals surface area contributed by atoms with Gasteiger partial charge >= 0.3 is 0 Å². The van der Waals surface area contributed by atoms with Crippen molar-refractivity contribution in [2.24, 2.45) is 0 Å². The number of hydrogen-bond donors (Lipinski definition) is 1. The first kappa shape index (κ1) is 13.7. The van der Waals surface area contributed by atoms with Gasteiger partial charge in [0.25, 0.3) is 0 Å². The highest BCUT2D eigenvalue weighted by Crippen LogP contribution is 2.25. The van der Waals surface area contributed by atoms with E-state index in [-0.39, 0.29) is 5.75 Å². The van der Waals surface area contributed by atoms with Crippen molar-refractivity contribution in [2.45, 2.75) is 32.1 Å². The van der Waals surface area contributed by atoms with Crippen LogP contribution < -0.4 is 4.72 Å². The summed E-state index contributed by atoms with van der Waals surface area (Å²) in [6.45, 7) is 0. The van der Waals surface area contributed by atoms with Gasteiger partial charge in [0.1, 0.15) is 0 Å². The maximum Gasteiger partial charge on any atom is 0.232 e. The molecule has 0 atom stereocenters. The maximum atomic E-state index is 11.8. The quantitative estimate of drug-likeness (QED) is 0.646. The van der Waals surface area contributed by atoms with Crippen molar-refractivity contribution >= 4 is 27.3 Å². The Morgan fingerprint density at radius 2 is 1.94 bits per heavy atom. The van der Waals surface area contributed by atoms with E-state index < -0.39 is 10.0 Å². The van der Waals surface area contributed by atoms with Crippen LogP contribution in [0.2, 0.25) is 0 Å². The van der Waals surface area contributed by atoms with Crippen LogP contribution in [0.5, 0.6) is 0 Å². The predicted octanol–water partition coefficient (Wildman–Crippen LogP) is 2.94. The molecule has 1 aliphatic rings. The molecule has 0 saturated heterocycles. The minimum Gasteiger partial charge on any atom is -0.284 e. The molecule has 100 valence electrons. The Bertz CT molecular complexity index is 514. The van der Waals surface area contributed by atoms with E-state index >= 15 is 0 Å². The van der Waals surface area contributed by atoms with Gasteiger partial charge in [0, 0.05) is 11.6 Å². The molecule has 1 aromatic carbocycles. The SMILES string of the molecule is O=S(=O)(CCCCCl)Nc1ccc2c(c1)CCC2.